The highest BCUT2D eigenvalue weighted by Crippen LogP contribution is 2.75. The number of hydrogen-bond donors (Lipinski definition) is 5. The number of allylic oxidation sites excluding steroid dienone is 2. The van der Waals surface area contributed by atoms with Gasteiger partial charge in [0.1, 0.15) is 0 Å². The molecule has 0 aliphatic heterocycles. The lowest BCUT2D eigenvalue weighted by Crippen LogP contribution is -2.71. The molecule has 5 rings (SSSR count). The lowest BCUT2D eigenvalue weighted by Gasteiger charge is -2.72. The molecule has 5 N–H and O–H groups in total. The summed E-state index contributed by atoms with van der Waals surface area (Å²) in [5, 5.41) is 54.6. The molecule has 6 nitrogen and oxygen atoms in total. The number of carboxylic acids is 1. The SMILES string of the molecule is CC1(C)CC[C@]2(C(=O)O)CC[C@]3(C)C(=CC[C@@H]4[C@@]5(C)C[C@H](O)[C@H](O)[C@@](C)(CO)C5[C@H](O)C[C@]43C)[C@@H]2C1. The molecule has 11 atom stereocenters. The van der Waals surface area contributed by atoms with Crippen molar-refractivity contribution in [2.75, 3.05) is 6.61 Å². The molecule has 0 aromatic carbocycles. The number of rotatable bonds is 2. The second-order valence-corrected chi connectivity index (χ2v) is 15.2. The van der Waals surface area contributed by atoms with Gasteiger partial charge in [-0.25, -0.2) is 0 Å². The molecule has 0 spiro atoms. The summed E-state index contributed by atoms with van der Waals surface area (Å²) in [5.74, 6) is -0.842. The van der Waals surface area contributed by atoms with Gasteiger partial charge in [0.05, 0.1) is 30.3 Å². The summed E-state index contributed by atoms with van der Waals surface area (Å²) in [6.45, 7) is 12.8. The van der Waals surface area contributed by atoms with Crippen LogP contribution in [0, 0.1) is 50.2 Å². The Morgan fingerprint density at radius 1 is 0.917 bits per heavy atom. The van der Waals surface area contributed by atoms with E-state index in [0.29, 0.717) is 19.3 Å². The molecule has 0 aromatic heterocycles. The van der Waals surface area contributed by atoms with Crippen molar-refractivity contribution in [2.24, 2.45) is 50.2 Å². The number of aliphatic carboxylic acids is 1. The maximum absolute atomic E-state index is 12.8. The highest BCUT2D eigenvalue weighted by molar-refractivity contribution is 5.76. The molecule has 0 heterocycles. The molecule has 0 bridgehead atoms. The average Bonchev–Trinajstić information content (AvgIpc) is 2.77. The predicted octanol–water partition coefficient (Wildman–Crippen LogP) is 4.15. The van der Waals surface area contributed by atoms with Crippen molar-refractivity contribution in [3.8, 4) is 0 Å². The van der Waals surface area contributed by atoms with Crippen LogP contribution in [0.5, 0.6) is 0 Å². The zero-order valence-electron chi connectivity index (χ0n) is 23.0. The van der Waals surface area contributed by atoms with E-state index in [2.05, 4.69) is 40.7 Å². The first-order chi connectivity index (χ1) is 16.5. The first-order valence-electron chi connectivity index (χ1n) is 14.1. The van der Waals surface area contributed by atoms with Crippen LogP contribution < -0.4 is 0 Å². The molecule has 0 radical (unpaired) electrons. The first-order valence-corrected chi connectivity index (χ1v) is 14.1. The molecule has 5 aliphatic carbocycles. The third-order valence-electron chi connectivity index (χ3n) is 13.0. The first kappa shape index (κ1) is 26.6. The van der Waals surface area contributed by atoms with Gasteiger partial charge in [0.2, 0.25) is 0 Å². The minimum absolute atomic E-state index is 0.000534. The number of carboxylic acid groups (broad SMARTS) is 1. The van der Waals surface area contributed by atoms with Crippen LogP contribution in [0.1, 0.15) is 92.9 Å². The van der Waals surface area contributed by atoms with Gasteiger partial charge >= 0.3 is 5.97 Å². The Balaban J connectivity index is 1.64. The van der Waals surface area contributed by atoms with E-state index in [1.807, 2.05) is 6.92 Å². The van der Waals surface area contributed by atoms with Crippen LogP contribution in [0.15, 0.2) is 11.6 Å². The van der Waals surface area contributed by atoms with Gasteiger partial charge in [-0.1, -0.05) is 53.2 Å². The van der Waals surface area contributed by atoms with Gasteiger partial charge in [-0.3, -0.25) is 4.79 Å². The Hall–Kier alpha value is -0.950. The molecule has 4 saturated carbocycles. The van der Waals surface area contributed by atoms with Gasteiger partial charge in [0, 0.05) is 11.3 Å². The second kappa shape index (κ2) is 7.80. The quantitative estimate of drug-likeness (QED) is 0.361. The van der Waals surface area contributed by atoms with E-state index in [0.717, 1.165) is 32.1 Å². The monoisotopic (exact) mass is 504 g/mol. The van der Waals surface area contributed by atoms with Crippen LogP contribution in [0.3, 0.4) is 0 Å². The highest BCUT2D eigenvalue weighted by atomic mass is 16.4. The lowest BCUT2D eigenvalue weighted by atomic mass is 9.33. The standard InChI is InChI=1S/C30H48O6/c1-25(2)9-11-30(24(35)36)12-10-28(5)17(18(30)13-25)7-8-21-26(3)14-20(33)23(34)27(4,16-31)22(26)19(32)15-29(21,28)6/h7,18-23,31-34H,8-16H2,1-6H3,(H,35,36)/t18-,19+,20-,21+,22?,23-,26+,27-,28+,29+,30-/m0/s1. The highest BCUT2D eigenvalue weighted by Gasteiger charge is 2.72. The number of fused-ring (bicyclic) bond motifs is 7. The molecule has 204 valence electrons. The Labute approximate surface area is 216 Å². The molecule has 5 aliphatic rings. The largest absolute Gasteiger partial charge is 0.481 e. The summed E-state index contributed by atoms with van der Waals surface area (Å²) >= 11 is 0. The lowest BCUT2D eigenvalue weighted by molar-refractivity contribution is -0.273. The van der Waals surface area contributed by atoms with E-state index < -0.39 is 40.5 Å². The smallest absolute Gasteiger partial charge is 0.310 e. The van der Waals surface area contributed by atoms with Crippen LogP contribution in [0.4, 0.5) is 0 Å². The minimum atomic E-state index is -1.08. The zero-order chi connectivity index (χ0) is 26.7. The predicted molar refractivity (Wildman–Crippen MR) is 137 cm³/mol. The zero-order valence-corrected chi connectivity index (χ0v) is 23.0. The molecule has 6 heteroatoms. The molecule has 0 saturated heterocycles. The topological polar surface area (TPSA) is 118 Å². The Morgan fingerprint density at radius 3 is 2.17 bits per heavy atom. The van der Waals surface area contributed by atoms with Crippen molar-refractivity contribution < 1.29 is 30.3 Å². The summed E-state index contributed by atoms with van der Waals surface area (Å²) in [6, 6.07) is 0. The van der Waals surface area contributed by atoms with Crippen molar-refractivity contribution in [2.45, 2.75) is 111 Å². The van der Waals surface area contributed by atoms with Crippen LogP contribution in [0.2, 0.25) is 0 Å². The molecule has 4 fully saturated rings. The van der Waals surface area contributed by atoms with E-state index in [-0.39, 0.29) is 40.6 Å². The molecular weight excluding hydrogens is 456 g/mol. The second-order valence-electron chi connectivity index (χ2n) is 15.2. The third kappa shape index (κ3) is 3.08. The summed E-state index contributed by atoms with van der Waals surface area (Å²) in [4.78, 5) is 12.8. The Kier molecular flexibility index (Phi) is 5.77. The fourth-order valence-corrected chi connectivity index (χ4v) is 10.9. The van der Waals surface area contributed by atoms with Gasteiger partial charge in [-0.15, -0.1) is 0 Å². The van der Waals surface area contributed by atoms with E-state index in [1.54, 1.807) is 0 Å². The van der Waals surface area contributed by atoms with Crippen molar-refractivity contribution in [1.82, 2.24) is 0 Å². The van der Waals surface area contributed by atoms with Gasteiger partial charge in [-0.2, -0.15) is 0 Å². The van der Waals surface area contributed by atoms with E-state index in [9.17, 15) is 30.3 Å². The van der Waals surface area contributed by atoms with E-state index in [1.165, 1.54) is 5.57 Å². The number of aliphatic hydroxyl groups excluding tert-OH is 4. The fourth-order valence-electron chi connectivity index (χ4n) is 10.9. The fraction of sp³-hybridized carbons (Fsp3) is 0.900. The van der Waals surface area contributed by atoms with Crippen LogP contribution >= 0.6 is 0 Å². The van der Waals surface area contributed by atoms with Crippen molar-refractivity contribution in [1.29, 1.82) is 0 Å². The van der Waals surface area contributed by atoms with Gasteiger partial charge in [0.15, 0.2) is 0 Å². The van der Waals surface area contributed by atoms with Crippen molar-refractivity contribution in [3.63, 3.8) is 0 Å². The molecular formula is C30H48O6. The maximum atomic E-state index is 12.8. The summed E-state index contributed by atoms with van der Waals surface area (Å²) in [7, 11) is 0. The summed E-state index contributed by atoms with van der Waals surface area (Å²) < 4.78 is 0. The molecule has 36 heavy (non-hydrogen) atoms. The van der Waals surface area contributed by atoms with E-state index in [4.69, 9.17) is 0 Å². The van der Waals surface area contributed by atoms with Crippen molar-refractivity contribution >= 4 is 5.97 Å². The van der Waals surface area contributed by atoms with Crippen LogP contribution in [-0.4, -0.2) is 56.4 Å². The maximum Gasteiger partial charge on any atom is 0.310 e. The summed E-state index contributed by atoms with van der Waals surface area (Å²) in [6.07, 6.45) is 5.27. The number of hydrogen-bond acceptors (Lipinski definition) is 5. The Bertz CT molecular complexity index is 974. The van der Waals surface area contributed by atoms with Crippen molar-refractivity contribution in [3.05, 3.63) is 11.6 Å². The molecule has 0 aromatic rings. The van der Waals surface area contributed by atoms with E-state index >= 15 is 0 Å². The normalized spacial score (nSPS) is 55.9. The number of carbonyl (C=O) groups is 1. The summed E-state index contributed by atoms with van der Waals surface area (Å²) in [5.41, 5.74) is -1.32. The average molecular weight is 505 g/mol. The van der Waals surface area contributed by atoms with Crippen LogP contribution in [-0.2, 0) is 4.79 Å². The molecule has 0 amide bonds. The Morgan fingerprint density at radius 2 is 1.56 bits per heavy atom. The third-order valence-corrected chi connectivity index (χ3v) is 13.0. The van der Waals surface area contributed by atoms with Gasteiger partial charge in [0.25, 0.3) is 0 Å². The van der Waals surface area contributed by atoms with Crippen LogP contribution in [0.25, 0.3) is 0 Å². The minimum Gasteiger partial charge on any atom is -0.481 e. The molecule has 1 unspecified atom stereocenters. The van der Waals surface area contributed by atoms with Gasteiger partial charge in [-0.05, 0) is 84.9 Å². The van der Waals surface area contributed by atoms with Gasteiger partial charge < -0.3 is 25.5 Å². The number of aliphatic hydroxyl groups is 4.